The number of hydrogen-bond acceptors (Lipinski definition) is 3. The molecule has 1 aromatic carbocycles. The van der Waals surface area contributed by atoms with Gasteiger partial charge in [-0.25, -0.2) is 4.79 Å². The van der Waals surface area contributed by atoms with Gasteiger partial charge in [-0.05, 0) is 51.0 Å². The number of likely N-dealkylation sites (tertiary alicyclic amines) is 1. The Bertz CT molecular complexity index is 456. The van der Waals surface area contributed by atoms with Crippen LogP contribution in [0, 0.1) is 0 Å². The second-order valence-corrected chi connectivity index (χ2v) is 5.92. The maximum Gasteiger partial charge on any atom is 0.335 e. The fourth-order valence-electron chi connectivity index (χ4n) is 2.87. The van der Waals surface area contributed by atoms with Gasteiger partial charge in [0.1, 0.15) is 0 Å². The molecule has 1 saturated heterocycles. The smallest absolute Gasteiger partial charge is 0.335 e. The Kier molecular flexibility index (Phi) is 6.21. The molecule has 1 N–H and O–H groups in total. The molecule has 0 aliphatic carbocycles. The number of hydrogen-bond donors (Lipinski definition) is 1. The SMILES string of the molecule is CN(CCc1ccccc1C(=O)O)CCN1CCCCC1. The molecule has 1 fully saturated rings. The van der Waals surface area contributed by atoms with Crippen LogP contribution in [0.3, 0.4) is 0 Å². The van der Waals surface area contributed by atoms with Gasteiger partial charge < -0.3 is 14.9 Å². The third kappa shape index (κ3) is 5.14. The fourth-order valence-corrected chi connectivity index (χ4v) is 2.87. The molecular weight excluding hydrogens is 264 g/mol. The van der Waals surface area contributed by atoms with Gasteiger partial charge in [-0.15, -0.1) is 0 Å². The van der Waals surface area contributed by atoms with Crippen LogP contribution >= 0.6 is 0 Å². The molecule has 1 heterocycles. The number of carbonyl (C=O) groups is 1. The first kappa shape index (κ1) is 16.0. The van der Waals surface area contributed by atoms with E-state index < -0.39 is 5.97 Å². The molecule has 0 aromatic heterocycles. The van der Waals surface area contributed by atoms with E-state index in [1.807, 2.05) is 12.1 Å². The van der Waals surface area contributed by atoms with Crippen LogP contribution in [0.1, 0.15) is 35.2 Å². The summed E-state index contributed by atoms with van der Waals surface area (Å²) in [5.74, 6) is -0.832. The number of aromatic carboxylic acids is 1. The number of carboxylic acid groups (broad SMARTS) is 1. The summed E-state index contributed by atoms with van der Waals surface area (Å²) >= 11 is 0. The highest BCUT2D eigenvalue weighted by molar-refractivity contribution is 5.89. The monoisotopic (exact) mass is 290 g/mol. The van der Waals surface area contributed by atoms with Crippen LogP contribution in [0.4, 0.5) is 0 Å². The maximum atomic E-state index is 11.2. The Morgan fingerprint density at radius 3 is 2.62 bits per heavy atom. The maximum absolute atomic E-state index is 11.2. The highest BCUT2D eigenvalue weighted by Gasteiger charge is 2.12. The molecular formula is C17H26N2O2. The molecule has 0 radical (unpaired) electrons. The van der Waals surface area contributed by atoms with Gasteiger partial charge in [0.15, 0.2) is 0 Å². The predicted molar refractivity (Wildman–Crippen MR) is 84.9 cm³/mol. The predicted octanol–water partition coefficient (Wildman–Crippen LogP) is 2.35. The lowest BCUT2D eigenvalue weighted by Gasteiger charge is -2.28. The van der Waals surface area contributed by atoms with Crippen molar-refractivity contribution in [3.05, 3.63) is 35.4 Å². The zero-order chi connectivity index (χ0) is 15.1. The zero-order valence-electron chi connectivity index (χ0n) is 12.9. The number of benzene rings is 1. The minimum atomic E-state index is -0.832. The van der Waals surface area contributed by atoms with Crippen molar-refractivity contribution >= 4 is 5.97 Å². The van der Waals surface area contributed by atoms with Gasteiger partial charge in [0.25, 0.3) is 0 Å². The van der Waals surface area contributed by atoms with Gasteiger partial charge in [0.2, 0.25) is 0 Å². The summed E-state index contributed by atoms with van der Waals surface area (Å²) in [5, 5.41) is 9.18. The molecule has 1 aromatic rings. The largest absolute Gasteiger partial charge is 0.478 e. The Labute approximate surface area is 127 Å². The second kappa shape index (κ2) is 8.15. The summed E-state index contributed by atoms with van der Waals surface area (Å²) in [5.41, 5.74) is 1.36. The number of likely N-dealkylation sites (N-methyl/N-ethyl adjacent to an activating group) is 1. The molecule has 0 amide bonds. The van der Waals surface area contributed by atoms with Crippen molar-refractivity contribution < 1.29 is 9.90 Å². The fraction of sp³-hybridized carbons (Fsp3) is 0.588. The molecule has 4 heteroatoms. The highest BCUT2D eigenvalue weighted by Crippen LogP contribution is 2.11. The van der Waals surface area contributed by atoms with Gasteiger partial charge in [-0.2, -0.15) is 0 Å². The molecule has 21 heavy (non-hydrogen) atoms. The van der Waals surface area contributed by atoms with Crippen LogP contribution in [0.2, 0.25) is 0 Å². The Morgan fingerprint density at radius 2 is 1.90 bits per heavy atom. The summed E-state index contributed by atoms with van der Waals surface area (Å²) in [6, 6.07) is 7.30. The quantitative estimate of drug-likeness (QED) is 0.837. The van der Waals surface area contributed by atoms with Crippen molar-refractivity contribution in [1.82, 2.24) is 9.80 Å². The Morgan fingerprint density at radius 1 is 1.19 bits per heavy atom. The first-order chi connectivity index (χ1) is 10.2. The average Bonchev–Trinajstić information content (AvgIpc) is 2.52. The number of rotatable bonds is 7. The lowest BCUT2D eigenvalue weighted by Crippen LogP contribution is -2.37. The van der Waals surface area contributed by atoms with E-state index in [0.717, 1.165) is 31.6 Å². The second-order valence-electron chi connectivity index (χ2n) is 5.92. The molecule has 116 valence electrons. The first-order valence-electron chi connectivity index (χ1n) is 7.89. The lowest BCUT2D eigenvalue weighted by atomic mass is 10.0. The van der Waals surface area contributed by atoms with Crippen LogP contribution in [0.5, 0.6) is 0 Å². The lowest BCUT2D eigenvalue weighted by molar-refractivity contribution is 0.0695. The van der Waals surface area contributed by atoms with Crippen molar-refractivity contribution in [1.29, 1.82) is 0 Å². The van der Waals surface area contributed by atoms with Gasteiger partial charge >= 0.3 is 5.97 Å². The molecule has 2 rings (SSSR count). The molecule has 0 saturated carbocycles. The van der Waals surface area contributed by atoms with Crippen LogP contribution in [0.15, 0.2) is 24.3 Å². The van der Waals surface area contributed by atoms with Crippen molar-refractivity contribution in [2.24, 2.45) is 0 Å². The summed E-state index contributed by atoms with van der Waals surface area (Å²) < 4.78 is 0. The molecule has 1 aliphatic heterocycles. The number of piperidine rings is 1. The molecule has 4 nitrogen and oxygen atoms in total. The minimum absolute atomic E-state index is 0.432. The summed E-state index contributed by atoms with van der Waals surface area (Å²) in [6.45, 7) is 5.54. The van der Waals surface area contributed by atoms with E-state index in [4.69, 9.17) is 0 Å². The number of carboxylic acids is 1. The van der Waals surface area contributed by atoms with E-state index in [-0.39, 0.29) is 0 Å². The van der Waals surface area contributed by atoms with Gasteiger partial charge in [0, 0.05) is 19.6 Å². The number of nitrogens with zero attached hydrogens (tertiary/aromatic N) is 2. The van der Waals surface area contributed by atoms with E-state index in [2.05, 4.69) is 16.8 Å². The normalized spacial score (nSPS) is 16.3. The van der Waals surface area contributed by atoms with Gasteiger partial charge in [-0.1, -0.05) is 24.6 Å². The van der Waals surface area contributed by atoms with Gasteiger partial charge in [0.05, 0.1) is 5.56 Å². The van der Waals surface area contributed by atoms with Gasteiger partial charge in [-0.3, -0.25) is 0 Å². The van der Waals surface area contributed by atoms with Crippen LogP contribution in [-0.2, 0) is 6.42 Å². The van der Waals surface area contributed by atoms with Crippen molar-refractivity contribution in [2.75, 3.05) is 39.8 Å². The van der Waals surface area contributed by atoms with Crippen molar-refractivity contribution in [2.45, 2.75) is 25.7 Å². The Hall–Kier alpha value is -1.39. The molecule has 1 aliphatic rings. The molecule has 0 unspecified atom stereocenters. The third-order valence-electron chi connectivity index (χ3n) is 4.26. The van der Waals surface area contributed by atoms with E-state index >= 15 is 0 Å². The van der Waals surface area contributed by atoms with E-state index in [1.54, 1.807) is 12.1 Å². The molecule has 0 bridgehead atoms. The van der Waals surface area contributed by atoms with E-state index in [0.29, 0.717) is 5.56 Å². The van der Waals surface area contributed by atoms with E-state index in [9.17, 15) is 9.90 Å². The highest BCUT2D eigenvalue weighted by atomic mass is 16.4. The zero-order valence-corrected chi connectivity index (χ0v) is 12.9. The summed E-state index contributed by atoms with van der Waals surface area (Å²) in [4.78, 5) is 16.0. The molecule has 0 atom stereocenters. The van der Waals surface area contributed by atoms with Crippen molar-refractivity contribution in [3.63, 3.8) is 0 Å². The third-order valence-corrected chi connectivity index (χ3v) is 4.26. The standard InChI is InChI=1S/C17H26N2O2/c1-18(13-14-19-10-5-2-6-11-19)12-9-15-7-3-4-8-16(15)17(20)21/h3-4,7-8H,2,5-6,9-14H2,1H3,(H,20,21). The van der Waals surface area contributed by atoms with Crippen LogP contribution in [-0.4, -0.2) is 60.6 Å². The first-order valence-corrected chi connectivity index (χ1v) is 7.89. The topological polar surface area (TPSA) is 43.8 Å². The van der Waals surface area contributed by atoms with Crippen LogP contribution in [0.25, 0.3) is 0 Å². The Balaban J connectivity index is 1.75. The summed E-state index contributed by atoms with van der Waals surface area (Å²) in [7, 11) is 2.12. The average molecular weight is 290 g/mol. The van der Waals surface area contributed by atoms with E-state index in [1.165, 1.54) is 32.4 Å². The summed E-state index contributed by atoms with van der Waals surface area (Å²) in [6.07, 6.45) is 4.82. The molecule has 0 spiro atoms. The van der Waals surface area contributed by atoms with Crippen molar-refractivity contribution in [3.8, 4) is 0 Å². The minimum Gasteiger partial charge on any atom is -0.478 e. The van der Waals surface area contributed by atoms with Crippen LogP contribution < -0.4 is 0 Å².